The molecule has 3 nitrogen and oxygen atoms in total. The second-order valence-corrected chi connectivity index (χ2v) is 11.6. The minimum atomic E-state index is 0.922. The van der Waals surface area contributed by atoms with Gasteiger partial charge in [-0.05, 0) is 66.2 Å². The van der Waals surface area contributed by atoms with Crippen molar-refractivity contribution in [3.63, 3.8) is 0 Å². The summed E-state index contributed by atoms with van der Waals surface area (Å²) in [5.41, 5.74) is 6.99. The SMILES string of the molecule is c1ccc(-c2ccc(-n3c4cc5ccn(-c6ccccc6)c5cc4c4cc5sc6ccccc6c5cc43)nc2)cc1. The summed E-state index contributed by atoms with van der Waals surface area (Å²) < 4.78 is 7.24. The van der Waals surface area contributed by atoms with E-state index in [0.717, 1.165) is 17.1 Å². The van der Waals surface area contributed by atoms with Gasteiger partial charge >= 0.3 is 0 Å². The predicted octanol–water partition coefficient (Wildman–Crippen LogP) is 10.2. The molecule has 0 fully saturated rings. The van der Waals surface area contributed by atoms with Crippen LogP contribution in [0.4, 0.5) is 0 Å². The summed E-state index contributed by atoms with van der Waals surface area (Å²) in [6.07, 6.45) is 4.16. The van der Waals surface area contributed by atoms with Crippen LogP contribution >= 0.6 is 11.3 Å². The van der Waals surface area contributed by atoms with Gasteiger partial charge in [0.15, 0.2) is 0 Å². The maximum atomic E-state index is 5.02. The molecule has 0 aliphatic heterocycles. The van der Waals surface area contributed by atoms with Gasteiger partial charge in [-0.2, -0.15) is 0 Å². The van der Waals surface area contributed by atoms with Gasteiger partial charge in [-0.1, -0.05) is 66.7 Å². The first-order valence-corrected chi connectivity index (χ1v) is 14.6. The number of thiophene rings is 1. The molecule has 0 amide bonds. The first-order chi connectivity index (χ1) is 20.3. The first kappa shape index (κ1) is 22.6. The van der Waals surface area contributed by atoms with Crippen molar-refractivity contribution in [2.24, 2.45) is 0 Å². The highest BCUT2D eigenvalue weighted by atomic mass is 32.1. The molecular weight excluding hydrogens is 518 g/mol. The lowest BCUT2D eigenvalue weighted by atomic mass is 10.1. The Labute approximate surface area is 240 Å². The monoisotopic (exact) mass is 541 g/mol. The summed E-state index contributed by atoms with van der Waals surface area (Å²) in [5, 5.41) is 6.28. The van der Waals surface area contributed by atoms with Crippen LogP contribution < -0.4 is 0 Å². The number of benzene rings is 5. The Hall–Kier alpha value is -5.19. The van der Waals surface area contributed by atoms with Crippen LogP contribution in [0.15, 0.2) is 140 Å². The van der Waals surface area contributed by atoms with E-state index in [9.17, 15) is 0 Å². The summed E-state index contributed by atoms with van der Waals surface area (Å²) in [6.45, 7) is 0. The van der Waals surface area contributed by atoms with E-state index in [1.807, 2.05) is 23.6 Å². The molecule has 9 rings (SSSR count). The molecule has 4 heterocycles. The highest BCUT2D eigenvalue weighted by Gasteiger charge is 2.18. The average Bonchev–Trinajstić information content (AvgIpc) is 3.71. The first-order valence-electron chi connectivity index (χ1n) is 13.8. The van der Waals surface area contributed by atoms with E-state index in [-0.39, 0.29) is 0 Å². The Morgan fingerprint density at radius 2 is 1.24 bits per heavy atom. The molecule has 5 aromatic carbocycles. The molecule has 0 aliphatic rings. The molecule has 4 aromatic heterocycles. The molecule has 4 heteroatoms. The maximum absolute atomic E-state index is 5.02. The van der Waals surface area contributed by atoms with E-state index < -0.39 is 0 Å². The van der Waals surface area contributed by atoms with Crippen LogP contribution in [0.3, 0.4) is 0 Å². The van der Waals surface area contributed by atoms with Gasteiger partial charge < -0.3 is 4.57 Å². The van der Waals surface area contributed by atoms with Gasteiger partial charge in [0, 0.05) is 60.0 Å². The second kappa shape index (κ2) is 8.65. The number of pyridine rings is 1. The molecule has 192 valence electrons. The Kier molecular flexibility index (Phi) is 4.77. The zero-order valence-electron chi connectivity index (χ0n) is 22.0. The molecule has 9 aromatic rings. The van der Waals surface area contributed by atoms with Gasteiger partial charge in [0.2, 0.25) is 0 Å². The molecule has 41 heavy (non-hydrogen) atoms. The van der Waals surface area contributed by atoms with Crippen molar-refractivity contribution in [3.05, 3.63) is 140 Å². The van der Waals surface area contributed by atoms with Gasteiger partial charge in [-0.15, -0.1) is 11.3 Å². The molecule has 0 aliphatic carbocycles. The molecule has 0 radical (unpaired) electrons. The minimum absolute atomic E-state index is 0.922. The Bertz CT molecular complexity index is 2390. The topological polar surface area (TPSA) is 22.8 Å². The van der Waals surface area contributed by atoms with Gasteiger partial charge in [-0.3, -0.25) is 4.57 Å². The predicted molar refractivity (Wildman–Crippen MR) is 174 cm³/mol. The maximum Gasteiger partial charge on any atom is 0.137 e. The van der Waals surface area contributed by atoms with Gasteiger partial charge in [-0.25, -0.2) is 4.98 Å². The van der Waals surface area contributed by atoms with E-state index in [4.69, 9.17) is 4.98 Å². The zero-order valence-corrected chi connectivity index (χ0v) is 22.8. The van der Waals surface area contributed by atoms with Gasteiger partial charge in [0.05, 0.1) is 16.6 Å². The third-order valence-electron chi connectivity index (χ3n) is 8.19. The molecule has 0 spiro atoms. The molecule has 0 unspecified atom stereocenters. The molecule has 0 saturated carbocycles. The quantitative estimate of drug-likeness (QED) is 0.218. The van der Waals surface area contributed by atoms with Crippen LogP contribution in [-0.4, -0.2) is 14.1 Å². The van der Waals surface area contributed by atoms with Crippen LogP contribution in [0, 0.1) is 0 Å². The fourth-order valence-corrected chi connectivity index (χ4v) is 7.37. The number of rotatable bonds is 3. The van der Waals surface area contributed by atoms with E-state index in [1.54, 1.807) is 0 Å². The number of para-hydroxylation sites is 1. The molecular formula is C37H23N3S. The minimum Gasteiger partial charge on any atom is -0.317 e. The van der Waals surface area contributed by atoms with Crippen molar-refractivity contribution in [1.82, 2.24) is 14.1 Å². The molecule has 0 bridgehead atoms. The van der Waals surface area contributed by atoms with Crippen molar-refractivity contribution < 1.29 is 0 Å². The van der Waals surface area contributed by atoms with Crippen LogP contribution in [0.25, 0.3) is 75.5 Å². The van der Waals surface area contributed by atoms with Crippen LogP contribution in [0.2, 0.25) is 0 Å². The number of fused-ring (bicyclic) bond motifs is 7. The van der Waals surface area contributed by atoms with Crippen LogP contribution in [0.5, 0.6) is 0 Å². The Balaban J connectivity index is 1.36. The van der Waals surface area contributed by atoms with Gasteiger partial charge in [0.25, 0.3) is 0 Å². The van der Waals surface area contributed by atoms with Crippen molar-refractivity contribution in [2.45, 2.75) is 0 Å². The Morgan fingerprint density at radius 1 is 0.512 bits per heavy atom. The average molecular weight is 542 g/mol. The summed E-state index contributed by atoms with van der Waals surface area (Å²) in [4.78, 5) is 5.02. The Morgan fingerprint density at radius 3 is 2.07 bits per heavy atom. The lowest BCUT2D eigenvalue weighted by molar-refractivity contribution is 1.08. The van der Waals surface area contributed by atoms with E-state index in [0.29, 0.717) is 0 Å². The lowest BCUT2D eigenvalue weighted by Gasteiger charge is -2.09. The van der Waals surface area contributed by atoms with Crippen LogP contribution in [0.1, 0.15) is 0 Å². The summed E-state index contributed by atoms with van der Waals surface area (Å²) >= 11 is 1.86. The van der Waals surface area contributed by atoms with Crippen molar-refractivity contribution >= 4 is 64.2 Å². The fraction of sp³-hybridized carbons (Fsp3) is 0. The van der Waals surface area contributed by atoms with Crippen molar-refractivity contribution in [3.8, 4) is 22.6 Å². The number of hydrogen-bond acceptors (Lipinski definition) is 2. The van der Waals surface area contributed by atoms with E-state index in [2.05, 4.69) is 137 Å². The molecule has 0 atom stereocenters. The fourth-order valence-electron chi connectivity index (χ4n) is 6.24. The number of hydrogen-bond donors (Lipinski definition) is 0. The van der Waals surface area contributed by atoms with Crippen molar-refractivity contribution in [2.75, 3.05) is 0 Å². The van der Waals surface area contributed by atoms with Crippen LogP contribution in [-0.2, 0) is 0 Å². The zero-order chi connectivity index (χ0) is 26.9. The highest BCUT2D eigenvalue weighted by Crippen LogP contribution is 2.41. The van der Waals surface area contributed by atoms with E-state index >= 15 is 0 Å². The standard InChI is InChI=1S/C37H23N3S/c1-3-9-24(10-4-1)26-15-16-37(38-23-26)40-33-19-25-17-18-39(27-11-5-2-6-12-27)32(25)20-29(33)30-22-36-31(21-34(30)40)28-13-7-8-14-35(28)41-36/h1-23H. The summed E-state index contributed by atoms with van der Waals surface area (Å²) in [6, 6.07) is 45.7. The number of aromatic nitrogens is 3. The molecule has 0 N–H and O–H groups in total. The van der Waals surface area contributed by atoms with Gasteiger partial charge in [0.1, 0.15) is 5.82 Å². The summed E-state index contributed by atoms with van der Waals surface area (Å²) in [5.74, 6) is 0.922. The second-order valence-electron chi connectivity index (χ2n) is 10.5. The smallest absolute Gasteiger partial charge is 0.137 e. The number of nitrogens with zero attached hydrogens (tertiary/aromatic N) is 3. The molecule has 0 saturated heterocycles. The largest absolute Gasteiger partial charge is 0.317 e. The summed E-state index contributed by atoms with van der Waals surface area (Å²) in [7, 11) is 0. The van der Waals surface area contributed by atoms with E-state index in [1.165, 1.54) is 58.4 Å². The third kappa shape index (κ3) is 3.41. The van der Waals surface area contributed by atoms with Crippen molar-refractivity contribution in [1.29, 1.82) is 0 Å². The highest BCUT2D eigenvalue weighted by molar-refractivity contribution is 7.25. The lowest BCUT2D eigenvalue weighted by Crippen LogP contribution is -1.97. The third-order valence-corrected chi connectivity index (χ3v) is 9.33. The normalized spacial score (nSPS) is 11.9.